The minimum Gasteiger partial charge on any atom is -0.475 e. The summed E-state index contributed by atoms with van der Waals surface area (Å²) < 4.78 is 65.5. The number of nitrogens with one attached hydrogen (secondary N) is 3. The molecule has 2 aliphatic rings. The van der Waals surface area contributed by atoms with Crippen LogP contribution in [0.2, 0.25) is 0 Å². The van der Waals surface area contributed by atoms with Gasteiger partial charge in [-0.05, 0) is 57.6 Å². The largest absolute Gasteiger partial charge is 0.490 e. The fraction of sp³-hybridized carbons (Fsp3) is 0.593. The summed E-state index contributed by atoms with van der Waals surface area (Å²) in [5.74, 6) is -5.22. The molecule has 0 radical (unpaired) electrons. The van der Waals surface area contributed by atoms with Gasteiger partial charge in [0, 0.05) is 13.1 Å². The van der Waals surface area contributed by atoms with Crippen molar-refractivity contribution in [1.29, 1.82) is 5.41 Å². The monoisotopic (exact) mass is 680 g/mol. The number of sulfonamides is 1. The summed E-state index contributed by atoms with van der Waals surface area (Å²) in [5.41, 5.74) is 5.88. The molecule has 2 saturated heterocycles. The molecule has 0 bridgehead atoms. The molecule has 1 aromatic rings. The second-order valence-electron chi connectivity index (χ2n) is 10.9. The SMILES string of the molecule is CC(C)OC(=O)c1ccccc1CS(=O)(=O)N[C@H]1CCCCN(CC(=O)N[C@H]2CCCN(C(=N)N)C2O)C1=O.O=C(O)C(F)(F)F. The Kier molecular flexibility index (Phi) is 13.7. The Morgan fingerprint density at radius 2 is 1.76 bits per heavy atom. The average Bonchev–Trinajstić information content (AvgIpc) is 3.09. The smallest absolute Gasteiger partial charge is 0.475 e. The number of nitrogens with two attached hydrogens (primary N) is 1. The number of nitrogens with zero attached hydrogens (tertiary/aromatic N) is 2. The molecule has 1 aromatic carbocycles. The van der Waals surface area contributed by atoms with E-state index in [1.165, 1.54) is 21.9 Å². The van der Waals surface area contributed by atoms with Gasteiger partial charge in [0.2, 0.25) is 21.8 Å². The zero-order valence-electron chi connectivity index (χ0n) is 25.2. The molecule has 7 N–H and O–H groups in total. The molecule has 0 spiro atoms. The van der Waals surface area contributed by atoms with Crippen molar-refractivity contribution < 1.29 is 55.7 Å². The molecule has 2 heterocycles. The first-order valence-electron chi connectivity index (χ1n) is 14.3. The van der Waals surface area contributed by atoms with Crippen LogP contribution in [0.1, 0.15) is 61.9 Å². The molecule has 19 heteroatoms. The summed E-state index contributed by atoms with van der Waals surface area (Å²) >= 11 is 0. The molecule has 3 atom stereocenters. The van der Waals surface area contributed by atoms with E-state index in [0.717, 1.165) is 0 Å². The standard InChI is InChI=1S/C25H38N6O7S.C2HF3O2/c1-16(2)38-24(35)18-9-4-3-8-17(18)15-39(36,37)29-20-10-5-6-12-30(22(20)33)14-21(32)28-19-11-7-13-31(23(19)34)25(26)27;3-2(4,5)1(6)7/h3-4,8-9,16,19-20,23,29,34H,5-7,10-15H2,1-2H3,(H3,26,27)(H,28,32);(H,6,7)/t19-,20-,23?;/m0./s1. The number of carbonyl (C=O) groups excluding carboxylic acids is 3. The second kappa shape index (κ2) is 16.5. The molecule has 1 unspecified atom stereocenters. The number of carboxylic acid groups (broad SMARTS) is 1. The molecule has 15 nitrogen and oxygen atoms in total. The lowest BCUT2D eigenvalue weighted by molar-refractivity contribution is -0.192. The van der Waals surface area contributed by atoms with Gasteiger partial charge in [-0.25, -0.2) is 22.7 Å². The van der Waals surface area contributed by atoms with Gasteiger partial charge < -0.3 is 35.8 Å². The van der Waals surface area contributed by atoms with Gasteiger partial charge in [-0.1, -0.05) is 18.2 Å². The lowest BCUT2D eigenvalue weighted by Crippen LogP contribution is -2.59. The summed E-state index contributed by atoms with van der Waals surface area (Å²) in [4.78, 5) is 49.9. The number of hydrogen-bond donors (Lipinski definition) is 6. The molecule has 258 valence electrons. The summed E-state index contributed by atoms with van der Waals surface area (Å²) in [6, 6.07) is 4.53. The summed E-state index contributed by atoms with van der Waals surface area (Å²) in [6.45, 7) is 3.77. The topological polar surface area (TPSA) is 233 Å². The van der Waals surface area contributed by atoms with Gasteiger partial charge in [0.15, 0.2) is 5.96 Å². The third-order valence-electron chi connectivity index (χ3n) is 6.85. The number of alkyl halides is 3. The zero-order chi connectivity index (χ0) is 34.8. The first kappa shape index (κ1) is 38.2. The van der Waals surface area contributed by atoms with E-state index >= 15 is 0 Å². The quantitative estimate of drug-likeness (QED) is 0.119. The molecule has 2 fully saturated rings. The van der Waals surface area contributed by atoms with E-state index in [2.05, 4.69) is 10.0 Å². The van der Waals surface area contributed by atoms with Crippen molar-refractivity contribution in [1.82, 2.24) is 19.8 Å². The van der Waals surface area contributed by atoms with Gasteiger partial charge in [0.05, 0.1) is 30.0 Å². The third-order valence-corrected chi connectivity index (χ3v) is 8.19. The van der Waals surface area contributed by atoms with Gasteiger partial charge in [-0.2, -0.15) is 13.2 Å². The molecular weight excluding hydrogens is 641 g/mol. The number of carboxylic acids is 1. The Morgan fingerprint density at radius 1 is 1.13 bits per heavy atom. The van der Waals surface area contributed by atoms with Gasteiger partial charge in [-0.15, -0.1) is 0 Å². The molecule has 2 aliphatic heterocycles. The first-order valence-corrected chi connectivity index (χ1v) is 15.9. The molecule has 0 aromatic heterocycles. The maximum Gasteiger partial charge on any atom is 0.490 e. The van der Waals surface area contributed by atoms with Gasteiger partial charge >= 0.3 is 18.1 Å². The number of amides is 2. The van der Waals surface area contributed by atoms with Crippen LogP contribution in [0.4, 0.5) is 13.2 Å². The van der Waals surface area contributed by atoms with Crippen LogP contribution in [0.25, 0.3) is 0 Å². The van der Waals surface area contributed by atoms with E-state index < -0.39 is 64.0 Å². The van der Waals surface area contributed by atoms with E-state index in [-0.39, 0.29) is 42.7 Å². The molecule has 0 aliphatic carbocycles. The van der Waals surface area contributed by atoms with Crippen LogP contribution in [0.15, 0.2) is 24.3 Å². The van der Waals surface area contributed by atoms with Crippen LogP contribution in [-0.2, 0) is 34.9 Å². The molecule has 46 heavy (non-hydrogen) atoms. The van der Waals surface area contributed by atoms with E-state index in [4.69, 9.17) is 25.8 Å². The van der Waals surface area contributed by atoms with E-state index in [1.807, 2.05) is 0 Å². The van der Waals surface area contributed by atoms with Crippen molar-refractivity contribution in [3.8, 4) is 0 Å². The number of aliphatic hydroxyl groups is 1. The number of guanidine groups is 1. The summed E-state index contributed by atoms with van der Waals surface area (Å²) in [5, 5.41) is 27.8. The summed E-state index contributed by atoms with van der Waals surface area (Å²) in [7, 11) is -4.04. The average molecular weight is 681 g/mol. The second-order valence-corrected chi connectivity index (χ2v) is 12.7. The van der Waals surface area contributed by atoms with Crippen LogP contribution in [-0.4, -0.2) is 108 Å². The normalized spacial score (nSPS) is 20.7. The fourth-order valence-corrected chi connectivity index (χ4v) is 6.17. The van der Waals surface area contributed by atoms with Crippen LogP contribution < -0.4 is 15.8 Å². The lowest BCUT2D eigenvalue weighted by Gasteiger charge is -2.38. The third kappa shape index (κ3) is 11.8. The highest BCUT2D eigenvalue weighted by Gasteiger charge is 2.38. The number of hydrogen-bond acceptors (Lipinski definition) is 9. The number of aliphatic carboxylic acids is 1. The van der Waals surface area contributed by atoms with Gasteiger partial charge in [0.1, 0.15) is 12.3 Å². The van der Waals surface area contributed by atoms with Crippen molar-refractivity contribution in [3.63, 3.8) is 0 Å². The Hall–Kier alpha value is -3.97. The van der Waals surface area contributed by atoms with Crippen molar-refractivity contribution in [2.24, 2.45) is 5.73 Å². The van der Waals surface area contributed by atoms with Crippen LogP contribution in [0.3, 0.4) is 0 Å². The van der Waals surface area contributed by atoms with Crippen molar-refractivity contribution >= 4 is 39.7 Å². The Bertz CT molecular complexity index is 1380. The first-order chi connectivity index (χ1) is 21.3. The Morgan fingerprint density at radius 3 is 2.35 bits per heavy atom. The maximum atomic E-state index is 13.2. The van der Waals surface area contributed by atoms with E-state index in [1.54, 1.807) is 26.0 Å². The lowest BCUT2D eigenvalue weighted by atomic mass is 10.0. The highest BCUT2D eigenvalue weighted by Crippen LogP contribution is 2.19. The van der Waals surface area contributed by atoms with Crippen LogP contribution in [0, 0.1) is 5.41 Å². The summed E-state index contributed by atoms with van der Waals surface area (Å²) in [6.07, 6.45) is -4.08. The fourth-order valence-electron chi connectivity index (χ4n) is 4.77. The number of carbonyl (C=O) groups is 4. The number of likely N-dealkylation sites (tertiary alicyclic amines) is 2. The molecular formula is C27H39F3N6O9S. The minimum atomic E-state index is -5.08. The maximum absolute atomic E-state index is 13.2. The highest BCUT2D eigenvalue weighted by molar-refractivity contribution is 7.88. The van der Waals surface area contributed by atoms with Crippen molar-refractivity contribution in [2.45, 2.75) is 82.3 Å². The number of rotatable bonds is 9. The predicted molar refractivity (Wildman–Crippen MR) is 156 cm³/mol. The van der Waals surface area contributed by atoms with Crippen LogP contribution in [0.5, 0.6) is 0 Å². The molecule has 2 amide bonds. The predicted octanol–water partition coefficient (Wildman–Crippen LogP) is 0.478. The number of aliphatic hydroxyl groups excluding tert-OH is 1. The van der Waals surface area contributed by atoms with Crippen molar-refractivity contribution in [2.75, 3.05) is 19.6 Å². The number of benzene rings is 1. The number of halogens is 3. The van der Waals surface area contributed by atoms with Gasteiger partial charge in [-0.3, -0.25) is 15.0 Å². The Labute approximate surface area is 263 Å². The number of ether oxygens (including phenoxy) is 1. The molecule has 0 saturated carbocycles. The van der Waals surface area contributed by atoms with E-state index in [9.17, 15) is 41.1 Å². The number of esters is 1. The van der Waals surface area contributed by atoms with Gasteiger partial charge in [0.25, 0.3) is 0 Å². The van der Waals surface area contributed by atoms with Crippen LogP contribution >= 0.6 is 0 Å². The van der Waals surface area contributed by atoms with E-state index in [0.29, 0.717) is 32.2 Å². The Balaban J connectivity index is 0.000000942. The zero-order valence-corrected chi connectivity index (χ0v) is 26.1. The molecule has 3 rings (SSSR count). The minimum absolute atomic E-state index is 0.135. The number of piperidine rings is 1. The van der Waals surface area contributed by atoms with Crippen molar-refractivity contribution in [3.05, 3.63) is 35.4 Å². The highest BCUT2D eigenvalue weighted by atomic mass is 32.2.